The third-order valence-electron chi connectivity index (χ3n) is 5.30. The lowest BCUT2D eigenvalue weighted by atomic mass is 10.00. The second kappa shape index (κ2) is 10.4. The summed E-state index contributed by atoms with van der Waals surface area (Å²) in [6.07, 6.45) is 3.52. The molecule has 1 amide bonds. The van der Waals surface area contributed by atoms with Crippen LogP contribution >= 0.6 is 12.4 Å². The molecule has 1 aromatic heterocycles. The third-order valence-corrected chi connectivity index (χ3v) is 5.30. The third kappa shape index (κ3) is 5.26. The molecule has 7 heteroatoms. The first kappa shape index (κ1) is 22.0. The maximum absolute atomic E-state index is 12.5. The second-order valence-corrected chi connectivity index (χ2v) is 7.31. The van der Waals surface area contributed by atoms with E-state index in [-0.39, 0.29) is 18.3 Å². The number of nitrogens with one attached hydrogen (secondary N) is 2. The highest BCUT2D eigenvalue weighted by Gasteiger charge is 2.12. The van der Waals surface area contributed by atoms with E-state index < -0.39 is 0 Å². The Labute approximate surface area is 182 Å². The average Bonchev–Trinajstić information content (AvgIpc) is 3.12. The van der Waals surface area contributed by atoms with Crippen LogP contribution in [0.4, 0.5) is 0 Å². The molecule has 0 fully saturated rings. The van der Waals surface area contributed by atoms with Crippen LogP contribution in [-0.4, -0.2) is 35.7 Å². The molecule has 0 unspecified atom stereocenters. The first-order chi connectivity index (χ1) is 14.2. The molecule has 1 aliphatic rings. The lowest BCUT2D eigenvalue weighted by molar-refractivity contribution is 0.0954. The van der Waals surface area contributed by atoms with Gasteiger partial charge in [0.15, 0.2) is 5.82 Å². The van der Waals surface area contributed by atoms with E-state index in [0.29, 0.717) is 18.3 Å². The summed E-state index contributed by atoms with van der Waals surface area (Å²) in [5.74, 6) is 1.24. The van der Waals surface area contributed by atoms with Gasteiger partial charge in [-0.15, -0.1) is 12.4 Å². The molecule has 158 valence electrons. The standard InChI is InChI=1S/C23H26N4O2.ClH/c1-2-21-26-23(29-27-21)18-5-3-16(4-6-18)9-14-25-22(28)20-8-7-17-10-12-24-13-11-19(17)15-20;/h3-8,15,24H,2,9-14H2,1H3,(H,25,28);1H. The molecule has 0 saturated heterocycles. The van der Waals surface area contributed by atoms with Gasteiger partial charge in [0.25, 0.3) is 11.8 Å². The highest BCUT2D eigenvalue weighted by Crippen LogP contribution is 2.18. The van der Waals surface area contributed by atoms with E-state index in [1.807, 2.05) is 43.3 Å². The van der Waals surface area contributed by atoms with Gasteiger partial charge < -0.3 is 15.2 Å². The number of fused-ring (bicyclic) bond motifs is 1. The van der Waals surface area contributed by atoms with Crippen LogP contribution in [0.3, 0.4) is 0 Å². The maximum atomic E-state index is 12.5. The van der Waals surface area contributed by atoms with E-state index in [4.69, 9.17) is 4.52 Å². The predicted octanol–water partition coefficient (Wildman–Crippen LogP) is 3.38. The highest BCUT2D eigenvalue weighted by molar-refractivity contribution is 5.94. The van der Waals surface area contributed by atoms with Crippen LogP contribution in [0.1, 0.15) is 39.8 Å². The van der Waals surface area contributed by atoms with E-state index in [2.05, 4.69) is 26.8 Å². The SMILES string of the molecule is CCc1noc(-c2ccc(CCNC(=O)c3ccc4c(c3)CCNCC4)cc2)n1.Cl. The summed E-state index contributed by atoms with van der Waals surface area (Å²) in [7, 11) is 0. The Kier molecular flexibility index (Phi) is 7.60. The number of amides is 1. The number of nitrogens with zero attached hydrogens (tertiary/aromatic N) is 2. The first-order valence-corrected chi connectivity index (χ1v) is 10.3. The molecular weight excluding hydrogens is 400 g/mol. The van der Waals surface area contributed by atoms with Crippen molar-refractivity contribution in [2.24, 2.45) is 0 Å². The fraction of sp³-hybridized carbons (Fsp3) is 0.348. The summed E-state index contributed by atoms with van der Waals surface area (Å²) in [4.78, 5) is 16.9. The molecular formula is C23H27ClN4O2. The van der Waals surface area contributed by atoms with E-state index >= 15 is 0 Å². The van der Waals surface area contributed by atoms with Crippen LogP contribution in [-0.2, 0) is 25.7 Å². The van der Waals surface area contributed by atoms with Gasteiger partial charge in [-0.3, -0.25) is 4.79 Å². The molecule has 4 rings (SSSR count). The van der Waals surface area contributed by atoms with Crippen molar-refractivity contribution < 1.29 is 9.32 Å². The van der Waals surface area contributed by atoms with E-state index in [9.17, 15) is 4.79 Å². The smallest absolute Gasteiger partial charge is 0.257 e. The number of rotatable bonds is 6. The van der Waals surface area contributed by atoms with Crippen LogP contribution in [0.2, 0.25) is 0 Å². The van der Waals surface area contributed by atoms with Crippen LogP contribution in [0.5, 0.6) is 0 Å². The molecule has 2 N–H and O–H groups in total. The Morgan fingerprint density at radius 2 is 1.87 bits per heavy atom. The summed E-state index contributed by atoms with van der Waals surface area (Å²) in [5, 5.41) is 10.4. The largest absolute Gasteiger partial charge is 0.352 e. The number of aryl methyl sites for hydroxylation is 1. The summed E-state index contributed by atoms with van der Waals surface area (Å²) in [6, 6.07) is 14.1. The van der Waals surface area contributed by atoms with Crippen molar-refractivity contribution in [3.05, 3.63) is 70.5 Å². The molecule has 0 bridgehead atoms. The Hall–Kier alpha value is -2.70. The Balaban J connectivity index is 0.00000256. The average molecular weight is 427 g/mol. The van der Waals surface area contributed by atoms with Gasteiger partial charge in [-0.05, 0) is 73.3 Å². The molecule has 0 radical (unpaired) electrons. The summed E-state index contributed by atoms with van der Waals surface area (Å²) < 4.78 is 5.27. The van der Waals surface area contributed by atoms with Crippen molar-refractivity contribution in [3.8, 4) is 11.5 Å². The quantitative estimate of drug-likeness (QED) is 0.631. The van der Waals surface area contributed by atoms with Gasteiger partial charge in [-0.2, -0.15) is 4.98 Å². The minimum atomic E-state index is -0.0143. The molecule has 1 aliphatic heterocycles. The zero-order valence-corrected chi connectivity index (χ0v) is 17.9. The van der Waals surface area contributed by atoms with Crippen molar-refractivity contribution in [3.63, 3.8) is 0 Å². The molecule has 3 aromatic rings. The number of hydrogen-bond acceptors (Lipinski definition) is 5. The van der Waals surface area contributed by atoms with E-state index in [1.54, 1.807) is 0 Å². The van der Waals surface area contributed by atoms with Crippen molar-refractivity contribution >= 4 is 18.3 Å². The van der Waals surface area contributed by atoms with Crippen molar-refractivity contribution in [1.82, 2.24) is 20.8 Å². The van der Waals surface area contributed by atoms with Crippen LogP contribution < -0.4 is 10.6 Å². The van der Waals surface area contributed by atoms with E-state index in [1.165, 1.54) is 11.1 Å². The molecule has 30 heavy (non-hydrogen) atoms. The number of aromatic nitrogens is 2. The van der Waals surface area contributed by atoms with E-state index in [0.717, 1.165) is 55.5 Å². The van der Waals surface area contributed by atoms with Gasteiger partial charge in [0.2, 0.25) is 0 Å². The number of carbonyl (C=O) groups excluding carboxylic acids is 1. The predicted molar refractivity (Wildman–Crippen MR) is 119 cm³/mol. The fourth-order valence-corrected chi connectivity index (χ4v) is 3.57. The number of benzene rings is 2. The Bertz CT molecular complexity index is 985. The fourth-order valence-electron chi connectivity index (χ4n) is 3.57. The number of hydrogen-bond donors (Lipinski definition) is 2. The van der Waals surface area contributed by atoms with Crippen LogP contribution in [0, 0.1) is 0 Å². The van der Waals surface area contributed by atoms with Gasteiger partial charge in [0, 0.05) is 24.1 Å². The molecule has 0 saturated carbocycles. The highest BCUT2D eigenvalue weighted by atomic mass is 35.5. The molecule has 6 nitrogen and oxygen atoms in total. The van der Waals surface area contributed by atoms with Crippen LogP contribution in [0.15, 0.2) is 47.0 Å². The number of halogens is 1. The topological polar surface area (TPSA) is 80.0 Å². The second-order valence-electron chi connectivity index (χ2n) is 7.31. The summed E-state index contributed by atoms with van der Waals surface area (Å²) in [5.41, 5.74) is 5.43. The van der Waals surface area contributed by atoms with Gasteiger partial charge in [-0.1, -0.05) is 30.3 Å². The molecule has 2 heterocycles. The van der Waals surface area contributed by atoms with Gasteiger partial charge in [0.1, 0.15) is 0 Å². The Morgan fingerprint density at radius 3 is 2.60 bits per heavy atom. The van der Waals surface area contributed by atoms with Gasteiger partial charge in [0.05, 0.1) is 0 Å². The molecule has 0 spiro atoms. The first-order valence-electron chi connectivity index (χ1n) is 10.3. The Morgan fingerprint density at radius 1 is 1.10 bits per heavy atom. The maximum Gasteiger partial charge on any atom is 0.257 e. The van der Waals surface area contributed by atoms with Crippen molar-refractivity contribution in [2.75, 3.05) is 19.6 Å². The normalized spacial score (nSPS) is 13.1. The molecule has 0 atom stereocenters. The lowest BCUT2D eigenvalue weighted by Crippen LogP contribution is -2.25. The van der Waals surface area contributed by atoms with Crippen molar-refractivity contribution in [2.45, 2.75) is 32.6 Å². The minimum Gasteiger partial charge on any atom is -0.352 e. The lowest BCUT2D eigenvalue weighted by Gasteiger charge is -2.09. The monoisotopic (exact) mass is 426 g/mol. The number of carbonyl (C=O) groups is 1. The van der Waals surface area contributed by atoms with Gasteiger partial charge >= 0.3 is 0 Å². The molecule has 2 aromatic carbocycles. The summed E-state index contributed by atoms with van der Waals surface area (Å²) >= 11 is 0. The van der Waals surface area contributed by atoms with Gasteiger partial charge in [-0.25, -0.2) is 0 Å². The summed E-state index contributed by atoms with van der Waals surface area (Å²) in [6.45, 7) is 4.56. The zero-order chi connectivity index (χ0) is 20.1. The van der Waals surface area contributed by atoms with Crippen molar-refractivity contribution in [1.29, 1.82) is 0 Å². The van der Waals surface area contributed by atoms with Crippen LogP contribution in [0.25, 0.3) is 11.5 Å². The minimum absolute atomic E-state index is 0. The zero-order valence-electron chi connectivity index (χ0n) is 17.1. The molecule has 0 aliphatic carbocycles.